The van der Waals surface area contributed by atoms with E-state index in [9.17, 15) is 0 Å². The van der Waals surface area contributed by atoms with Gasteiger partial charge in [0, 0.05) is 29.6 Å². The standard InChI is InChI=1S/C18H20ClNO2/c1-12(2)4-3-7-21-18-9-17-15(8-16(18)19)14-5-6-20-10-13(14)11-22-17/h5-6,8-10,12H,3-4,7,11H2,1-2H3. The summed E-state index contributed by atoms with van der Waals surface area (Å²) < 4.78 is 11.6. The van der Waals surface area contributed by atoms with E-state index in [-0.39, 0.29) is 0 Å². The van der Waals surface area contributed by atoms with Crippen LogP contribution in [0.1, 0.15) is 32.3 Å². The van der Waals surface area contributed by atoms with E-state index < -0.39 is 0 Å². The number of hydrogen-bond acceptors (Lipinski definition) is 3. The Morgan fingerprint density at radius 3 is 3.00 bits per heavy atom. The van der Waals surface area contributed by atoms with Gasteiger partial charge in [0.2, 0.25) is 0 Å². The summed E-state index contributed by atoms with van der Waals surface area (Å²) in [7, 11) is 0. The molecule has 0 radical (unpaired) electrons. The number of rotatable bonds is 5. The molecule has 1 aromatic heterocycles. The molecular formula is C18H20ClNO2. The molecule has 0 N–H and O–H groups in total. The second kappa shape index (κ2) is 6.57. The average Bonchev–Trinajstić information content (AvgIpc) is 2.51. The summed E-state index contributed by atoms with van der Waals surface area (Å²) >= 11 is 6.37. The van der Waals surface area contributed by atoms with Gasteiger partial charge in [-0.1, -0.05) is 25.4 Å². The zero-order chi connectivity index (χ0) is 15.5. The molecule has 116 valence electrons. The van der Waals surface area contributed by atoms with Crippen LogP contribution in [-0.4, -0.2) is 11.6 Å². The number of pyridine rings is 1. The number of fused-ring (bicyclic) bond motifs is 3. The van der Waals surface area contributed by atoms with Crippen LogP contribution in [0, 0.1) is 5.92 Å². The van der Waals surface area contributed by atoms with E-state index in [4.69, 9.17) is 21.1 Å². The molecule has 0 atom stereocenters. The van der Waals surface area contributed by atoms with Crippen molar-refractivity contribution >= 4 is 11.6 Å². The largest absolute Gasteiger partial charge is 0.492 e. The SMILES string of the molecule is CC(C)CCCOc1cc2c(cc1Cl)-c1ccncc1CO2. The summed E-state index contributed by atoms with van der Waals surface area (Å²) in [5, 5.41) is 0.622. The highest BCUT2D eigenvalue weighted by atomic mass is 35.5. The molecule has 0 saturated heterocycles. The first-order valence-corrected chi connectivity index (χ1v) is 8.05. The fourth-order valence-electron chi connectivity index (χ4n) is 2.61. The molecule has 22 heavy (non-hydrogen) atoms. The summed E-state index contributed by atoms with van der Waals surface area (Å²) in [6.07, 6.45) is 5.81. The molecule has 3 nitrogen and oxygen atoms in total. The number of halogens is 1. The fourth-order valence-corrected chi connectivity index (χ4v) is 2.83. The van der Waals surface area contributed by atoms with E-state index in [1.807, 2.05) is 24.4 Å². The van der Waals surface area contributed by atoms with Gasteiger partial charge in [-0.2, -0.15) is 0 Å². The van der Waals surface area contributed by atoms with Crippen LogP contribution in [0.25, 0.3) is 11.1 Å². The van der Waals surface area contributed by atoms with Gasteiger partial charge in [0.15, 0.2) is 0 Å². The highest BCUT2D eigenvalue weighted by molar-refractivity contribution is 6.32. The Kier molecular flexibility index (Phi) is 4.53. The van der Waals surface area contributed by atoms with Crippen LogP contribution in [0.2, 0.25) is 5.02 Å². The van der Waals surface area contributed by atoms with Gasteiger partial charge in [-0.15, -0.1) is 0 Å². The first kappa shape index (κ1) is 15.2. The predicted molar refractivity (Wildman–Crippen MR) is 88.6 cm³/mol. The van der Waals surface area contributed by atoms with Gasteiger partial charge >= 0.3 is 0 Å². The minimum Gasteiger partial charge on any atom is -0.492 e. The summed E-state index contributed by atoms with van der Waals surface area (Å²) in [5.41, 5.74) is 3.21. The van der Waals surface area contributed by atoms with Crippen molar-refractivity contribution in [3.8, 4) is 22.6 Å². The molecule has 4 heteroatoms. The molecule has 1 aliphatic rings. The van der Waals surface area contributed by atoms with Gasteiger partial charge in [0.25, 0.3) is 0 Å². The minimum atomic E-state index is 0.532. The number of benzene rings is 1. The van der Waals surface area contributed by atoms with E-state index in [2.05, 4.69) is 18.8 Å². The van der Waals surface area contributed by atoms with Crippen molar-refractivity contribution in [1.82, 2.24) is 4.98 Å². The Hall–Kier alpha value is -1.74. The quantitative estimate of drug-likeness (QED) is 0.718. The van der Waals surface area contributed by atoms with Crippen LogP contribution >= 0.6 is 11.6 Å². The summed E-state index contributed by atoms with van der Waals surface area (Å²) in [4.78, 5) is 4.14. The highest BCUT2D eigenvalue weighted by Gasteiger charge is 2.19. The second-order valence-corrected chi connectivity index (χ2v) is 6.39. The third-order valence-electron chi connectivity index (χ3n) is 3.79. The highest BCUT2D eigenvalue weighted by Crippen LogP contribution is 2.42. The van der Waals surface area contributed by atoms with E-state index in [1.54, 1.807) is 6.20 Å². The smallest absolute Gasteiger partial charge is 0.141 e. The van der Waals surface area contributed by atoms with Crippen molar-refractivity contribution in [3.63, 3.8) is 0 Å². The molecule has 0 amide bonds. The first-order chi connectivity index (χ1) is 10.6. The number of ether oxygens (including phenoxy) is 2. The van der Waals surface area contributed by atoms with E-state index >= 15 is 0 Å². The molecule has 0 bridgehead atoms. The topological polar surface area (TPSA) is 31.4 Å². The molecule has 0 unspecified atom stereocenters. The van der Waals surface area contributed by atoms with Crippen LogP contribution < -0.4 is 9.47 Å². The molecule has 0 spiro atoms. The first-order valence-electron chi connectivity index (χ1n) is 7.67. The molecule has 2 aromatic rings. The monoisotopic (exact) mass is 317 g/mol. The Bertz CT molecular complexity index is 670. The van der Waals surface area contributed by atoms with Gasteiger partial charge in [0.05, 0.1) is 11.6 Å². The minimum absolute atomic E-state index is 0.532. The number of aromatic nitrogens is 1. The molecule has 2 heterocycles. The molecule has 1 aromatic carbocycles. The lowest BCUT2D eigenvalue weighted by Gasteiger charge is -2.21. The maximum atomic E-state index is 6.37. The van der Waals surface area contributed by atoms with Gasteiger partial charge in [-0.3, -0.25) is 4.98 Å². The van der Waals surface area contributed by atoms with E-state index in [0.717, 1.165) is 35.3 Å². The van der Waals surface area contributed by atoms with Crippen LogP contribution in [0.15, 0.2) is 30.6 Å². The van der Waals surface area contributed by atoms with Crippen molar-refractivity contribution in [2.45, 2.75) is 33.3 Å². The van der Waals surface area contributed by atoms with Crippen LogP contribution in [0.4, 0.5) is 0 Å². The van der Waals surface area contributed by atoms with Crippen molar-refractivity contribution < 1.29 is 9.47 Å². The molecule has 0 fully saturated rings. The van der Waals surface area contributed by atoms with Gasteiger partial charge < -0.3 is 9.47 Å². The summed E-state index contributed by atoms with van der Waals surface area (Å²) in [6, 6.07) is 5.82. The summed E-state index contributed by atoms with van der Waals surface area (Å²) in [6.45, 7) is 5.64. The lowest BCUT2D eigenvalue weighted by Crippen LogP contribution is -2.07. The summed E-state index contributed by atoms with van der Waals surface area (Å²) in [5.74, 6) is 2.21. The van der Waals surface area contributed by atoms with Crippen LogP contribution in [-0.2, 0) is 6.61 Å². The molecule has 1 aliphatic heterocycles. The maximum absolute atomic E-state index is 6.37. The van der Waals surface area contributed by atoms with Crippen molar-refractivity contribution in [1.29, 1.82) is 0 Å². The van der Waals surface area contributed by atoms with Crippen LogP contribution in [0.5, 0.6) is 11.5 Å². The molecule has 0 aliphatic carbocycles. The van der Waals surface area contributed by atoms with Crippen molar-refractivity contribution in [3.05, 3.63) is 41.2 Å². The van der Waals surface area contributed by atoms with Gasteiger partial charge in [-0.05, 0) is 36.5 Å². The van der Waals surface area contributed by atoms with E-state index in [1.165, 1.54) is 0 Å². The average molecular weight is 318 g/mol. The molecule has 3 rings (SSSR count). The Balaban J connectivity index is 1.80. The third-order valence-corrected chi connectivity index (χ3v) is 4.09. The predicted octanol–water partition coefficient (Wildman–Crippen LogP) is 5.11. The Labute approximate surface area is 136 Å². The van der Waals surface area contributed by atoms with Crippen molar-refractivity contribution in [2.75, 3.05) is 6.61 Å². The lowest BCUT2D eigenvalue weighted by atomic mass is 9.99. The third kappa shape index (κ3) is 3.20. The Morgan fingerprint density at radius 2 is 2.18 bits per heavy atom. The van der Waals surface area contributed by atoms with E-state index in [0.29, 0.717) is 29.9 Å². The zero-order valence-electron chi connectivity index (χ0n) is 12.9. The Morgan fingerprint density at radius 1 is 1.32 bits per heavy atom. The lowest BCUT2D eigenvalue weighted by molar-refractivity contribution is 0.284. The maximum Gasteiger partial charge on any atom is 0.141 e. The number of nitrogens with zero attached hydrogens (tertiary/aromatic N) is 1. The zero-order valence-corrected chi connectivity index (χ0v) is 13.7. The fraction of sp³-hybridized carbons (Fsp3) is 0.389. The van der Waals surface area contributed by atoms with Crippen molar-refractivity contribution in [2.24, 2.45) is 5.92 Å². The normalized spacial score (nSPS) is 12.5. The van der Waals surface area contributed by atoms with Crippen LogP contribution in [0.3, 0.4) is 0 Å². The van der Waals surface area contributed by atoms with Gasteiger partial charge in [0.1, 0.15) is 18.1 Å². The second-order valence-electron chi connectivity index (χ2n) is 5.98. The van der Waals surface area contributed by atoms with Gasteiger partial charge in [-0.25, -0.2) is 0 Å². The molecular weight excluding hydrogens is 298 g/mol. The number of hydrogen-bond donors (Lipinski definition) is 0. The molecule has 0 saturated carbocycles.